The topological polar surface area (TPSA) is 38.8 Å². The van der Waals surface area contributed by atoms with E-state index in [1.165, 1.54) is 0 Å². The van der Waals surface area contributed by atoms with E-state index in [0.29, 0.717) is 5.76 Å². The maximum Gasteiger partial charge on any atom is 0.263 e. The van der Waals surface area contributed by atoms with Crippen molar-refractivity contribution < 1.29 is 14.3 Å². The average molecular weight is 325 g/mol. The van der Waals surface area contributed by atoms with Crippen LogP contribution in [0.15, 0.2) is 35.6 Å². The van der Waals surface area contributed by atoms with Crippen LogP contribution in [0.4, 0.5) is 5.69 Å². The fourth-order valence-electron chi connectivity index (χ4n) is 2.40. The van der Waals surface area contributed by atoms with Gasteiger partial charge in [0.1, 0.15) is 17.1 Å². The number of carbonyl (C=O) groups is 1. The molecule has 0 radical (unpaired) electrons. The molecule has 0 atom stereocenters. The van der Waals surface area contributed by atoms with Gasteiger partial charge in [-0.05, 0) is 43.7 Å². The van der Waals surface area contributed by atoms with E-state index >= 15 is 0 Å². The van der Waals surface area contributed by atoms with E-state index in [-0.39, 0.29) is 5.91 Å². The summed E-state index contributed by atoms with van der Waals surface area (Å²) >= 11 is 3.25. The summed E-state index contributed by atoms with van der Waals surface area (Å²) in [5.41, 5.74) is 1.58. The summed E-state index contributed by atoms with van der Waals surface area (Å²) in [6, 6.07) is 7.52. The summed E-state index contributed by atoms with van der Waals surface area (Å²) in [5, 5.41) is 0. The zero-order chi connectivity index (χ0) is 15.6. The third kappa shape index (κ3) is 2.40. The van der Waals surface area contributed by atoms with Gasteiger partial charge in [-0.2, -0.15) is 0 Å². The first-order chi connectivity index (χ1) is 10.1. The largest absolute Gasteiger partial charge is 0.501 e. The minimum Gasteiger partial charge on any atom is -0.501 e. The number of nitrogens with zero attached hydrogens (tertiary/aromatic N) is 1. The Labute approximate surface area is 133 Å². The van der Waals surface area contributed by atoms with Crippen molar-refractivity contribution in [3.05, 3.63) is 35.6 Å². The molecule has 6 heteroatoms. The number of rotatable bonds is 5. The Kier molecular flexibility index (Phi) is 4.78. The SMILES string of the molecule is CO/C(C)=C1\C(=O)N(c2ccc(OC)cc2)C1(SC)SC. The molecule has 1 aliphatic rings. The first-order valence-corrected chi connectivity index (χ1v) is 8.85. The lowest BCUT2D eigenvalue weighted by molar-refractivity contribution is -0.118. The number of hydrogen-bond acceptors (Lipinski definition) is 5. The van der Waals surface area contributed by atoms with Crippen molar-refractivity contribution in [2.45, 2.75) is 11.1 Å². The zero-order valence-electron chi connectivity index (χ0n) is 12.8. The van der Waals surface area contributed by atoms with Crippen LogP contribution in [0.25, 0.3) is 0 Å². The van der Waals surface area contributed by atoms with Crippen LogP contribution in [0.1, 0.15) is 6.92 Å². The lowest BCUT2D eigenvalue weighted by atomic mass is 10.0. The van der Waals surface area contributed by atoms with Gasteiger partial charge in [-0.15, -0.1) is 23.5 Å². The smallest absolute Gasteiger partial charge is 0.263 e. The number of ether oxygens (including phenoxy) is 2. The van der Waals surface area contributed by atoms with Crippen LogP contribution in [0.3, 0.4) is 0 Å². The predicted molar refractivity (Wildman–Crippen MR) is 90.0 cm³/mol. The standard InChI is InChI=1S/C15H19NO3S2/c1-10(18-2)13-14(17)16(15(13,20-4)21-5)11-6-8-12(19-3)9-7-11/h6-9H,1-5H3/b13-10+. The molecule has 0 bridgehead atoms. The molecule has 1 amide bonds. The maximum absolute atomic E-state index is 12.6. The van der Waals surface area contributed by atoms with Crippen LogP contribution in [-0.2, 0) is 9.53 Å². The lowest BCUT2D eigenvalue weighted by Crippen LogP contribution is -2.62. The highest BCUT2D eigenvalue weighted by Crippen LogP contribution is 2.55. The third-order valence-electron chi connectivity index (χ3n) is 3.57. The Morgan fingerprint density at radius 1 is 1.14 bits per heavy atom. The van der Waals surface area contributed by atoms with Crippen LogP contribution >= 0.6 is 23.5 Å². The maximum atomic E-state index is 12.6. The van der Waals surface area contributed by atoms with Gasteiger partial charge in [-0.3, -0.25) is 9.69 Å². The normalized spacial score (nSPS) is 19.1. The molecule has 114 valence electrons. The minimum atomic E-state index is -0.439. The summed E-state index contributed by atoms with van der Waals surface area (Å²) in [6.45, 7) is 1.83. The van der Waals surface area contributed by atoms with E-state index in [1.54, 1.807) is 42.6 Å². The summed E-state index contributed by atoms with van der Waals surface area (Å²) < 4.78 is 10.0. The Morgan fingerprint density at radius 3 is 2.14 bits per heavy atom. The highest BCUT2D eigenvalue weighted by atomic mass is 32.2. The van der Waals surface area contributed by atoms with Gasteiger partial charge in [0, 0.05) is 5.69 Å². The molecular formula is C15H19NO3S2. The van der Waals surface area contributed by atoms with E-state index in [1.807, 2.05) is 43.7 Å². The van der Waals surface area contributed by atoms with E-state index < -0.39 is 4.20 Å². The summed E-state index contributed by atoms with van der Waals surface area (Å²) in [5.74, 6) is 1.44. The van der Waals surface area contributed by atoms with Crippen molar-refractivity contribution in [1.82, 2.24) is 0 Å². The van der Waals surface area contributed by atoms with E-state index in [4.69, 9.17) is 9.47 Å². The fraction of sp³-hybridized carbons (Fsp3) is 0.400. The average Bonchev–Trinajstić information content (AvgIpc) is 2.52. The number of methoxy groups -OCH3 is 2. The molecular weight excluding hydrogens is 306 g/mol. The third-order valence-corrected chi connectivity index (χ3v) is 6.45. The Hall–Kier alpha value is -1.27. The van der Waals surface area contributed by atoms with E-state index in [9.17, 15) is 4.79 Å². The second kappa shape index (κ2) is 6.23. The van der Waals surface area contributed by atoms with Gasteiger partial charge in [-0.25, -0.2) is 0 Å². The highest BCUT2D eigenvalue weighted by molar-refractivity contribution is 8.18. The van der Waals surface area contributed by atoms with Crippen LogP contribution < -0.4 is 9.64 Å². The van der Waals surface area contributed by atoms with Crippen molar-refractivity contribution in [3.8, 4) is 5.75 Å². The molecule has 1 aromatic rings. The molecule has 0 spiro atoms. The number of carbonyl (C=O) groups excluding carboxylic acids is 1. The molecule has 21 heavy (non-hydrogen) atoms. The molecule has 0 N–H and O–H groups in total. The van der Waals surface area contributed by atoms with Crippen LogP contribution in [-0.4, -0.2) is 36.8 Å². The van der Waals surface area contributed by atoms with Crippen molar-refractivity contribution in [2.24, 2.45) is 0 Å². The number of allylic oxidation sites excluding steroid dienone is 1. The molecule has 1 saturated heterocycles. The number of amides is 1. The molecule has 1 fully saturated rings. The van der Waals surface area contributed by atoms with Crippen LogP contribution in [0.2, 0.25) is 0 Å². The second-order valence-electron chi connectivity index (χ2n) is 4.46. The van der Waals surface area contributed by atoms with Gasteiger partial charge >= 0.3 is 0 Å². The fourth-order valence-corrected chi connectivity index (χ4v) is 4.68. The van der Waals surface area contributed by atoms with Crippen molar-refractivity contribution in [2.75, 3.05) is 31.6 Å². The van der Waals surface area contributed by atoms with Crippen molar-refractivity contribution in [3.63, 3.8) is 0 Å². The number of benzene rings is 1. The van der Waals surface area contributed by atoms with E-state index in [2.05, 4.69) is 0 Å². The molecule has 0 aliphatic carbocycles. The number of anilines is 1. The Balaban J connectivity index is 2.46. The van der Waals surface area contributed by atoms with Crippen molar-refractivity contribution in [1.29, 1.82) is 0 Å². The summed E-state index contributed by atoms with van der Waals surface area (Å²) in [7, 11) is 3.22. The zero-order valence-corrected chi connectivity index (χ0v) is 14.4. The number of β-lactam (4-membered cyclic amide) rings is 1. The lowest BCUT2D eigenvalue weighted by Gasteiger charge is -2.51. The van der Waals surface area contributed by atoms with Gasteiger partial charge in [0.25, 0.3) is 5.91 Å². The Morgan fingerprint density at radius 2 is 1.71 bits per heavy atom. The van der Waals surface area contributed by atoms with Gasteiger partial charge in [0.15, 0.2) is 4.20 Å². The predicted octanol–water partition coefficient (Wildman–Crippen LogP) is 3.34. The van der Waals surface area contributed by atoms with Crippen LogP contribution in [0.5, 0.6) is 5.75 Å². The van der Waals surface area contributed by atoms with Gasteiger partial charge < -0.3 is 9.47 Å². The molecule has 2 rings (SSSR count). The molecule has 1 heterocycles. The molecule has 0 unspecified atom stereocenters. The molecule has 1 aromatic carbocycles. The first-order valence-electron chi connectivity index (χ1n) is 6.40. The monoisotopic (exact) mass is 325 g/mol. The van der Waals surface area contributed by atoms with Crippen molar-refractivity contribution >= 4 is 35.1 Å². The molecule has 4 nitrogen and oxygen atoms in total. The molecule has 0 aromatic heterocycles. The van der Waals surface area contributed by atoms with Gasteiger partial charge in [-0.1, -0.05) is 0 Å². The Bertz CT molecular complexity index is 565. The highest BCUT2D eigenvalue weighted by Gasteiger charge is 2.58. The van der Waals surface area contributed by atoms with Gasteiger partial charge in [0.05, 0.1) is 14.2 Å². The quantitative estimate of drug-likeness (QED) is 0.359. The number of hydrogen-bond donors (Lipinski definition) is 0. The summed E-state index contributed by atoms with van der Waals surface area (Å²) in [4.78, 5) is 14.4. The first kappa shape index (κ1) is 16.1. The number of thioether (sulfide) groups is 2. The van der Waals surface area contributed by atoms with E-state index in [0.717, 1.165) is 17.0 Å². The molecule has 0 saturated carbocycles. The minimum absolute atomic E-state index is 0.0109. The molecule has 1 aliphatic heterocycles. The van der Waals surface area contributed by atoms with Gasteiger partial charge in [0.2, 0.25) is 0 Å². The van der Waals surface area contributed by atoms with Crippen LogP contribution in [0, 0.1) is 0 Å². The second-order valence-corrected chi connectivity index (χ2v) is 6.72. The summed E-state index contributed by atoms with van der Waals surface area (Å²) in [6.07, 6.45) is 4.00.